The number of unbranched alkanes of at least 4 members (excludes halogenated alkanes) is 1. The Hall–Kier alpha value is -3.21. The summed E-state index contributed by atoms with van der Waals surface area (Å²) in [7, 11) is 0. The van der Waals surface area contributed by atoms with Crippen molar-refractivity contribution in [2.24, 2.45) is 0 Å². The maximum absolute atomic E-state index is 13.2. The zero-order valence-corrected chi connectivity index (χ0v) is 15.4. The third-order valence-electron chi connectivity index (χ3n) is 5.00. The number of esters is 1. The molecule has 0 atom stereocenters. The molecule has 0 unspecified atom stereocenters. The minimum atomic E-state index is -0.506. The molecule has 0 N–H and O–H groups in total. The minimum absolute atomic E-state index is 0.167. The molecule has 5 nitrogen and oxygen atoms in total. The van der Waals surface area contributed by atoms with E-state index < -0.39 is 5.97 Å². The van der Waals surface area contributed by atoms with E-state index in [0.717, 1.165) is 29.1 Å². The summed E-state index contributed by atoms with van der Waals surface area (Å²) in [6, 6.07) is 9.65. The van der Waals surface area contributed by atoms with Gasteiger partial charge in [0, 0.05) is 28.1 Å². The molecule has 0 fully saturated rings. The molecule has 3 aromatic heterocycles. The average Bonchev–Trinajstić information content (AvgIpc) is 3.02. The Labute approximate surface area is 156 Å². The fourth-order valence-electron chi connectivity index (χ4n) is 3.63. The first-order valence-corrected chi connectivity index (χ1v) is 9.06. The molecule has 27 heavy (non-hydrogen) atoms. The maximum Gasteiger partial charge on any atom is 0.338 e. The average molecular weight is 360 g/mol. The van der Waals surface area contributed by atoms with E-state index in [-0.39, 0.29) is 11.1 Å². The smallest absolute Gasteiger partial charge is 0.338 e. The molecule has 0 spiro atoms. The molecule has 0 amide bonds. The summed E-state index contributed by atoms with van der Waals surface area (Å²) in [5.74, 6) is -0.506. The molecule has 5 heteroatoms. The van der Waals surface area contributed by atoms with Crippen LogP contribution in [-0.4, -0.2) is 22.0 Å². The quantitative estimate of drug-likeness (QED) is 0.305. The van der Waals surface area contributed by atoms with E-state index in [1.165, 1.54) is 0 Å². The summed E-state index contributed by atoms with van der Waals surface area (Å²) in [6.07, 6.45) is 3.42. The number of carbonyl (C=O) groups is 1. The Balaban J connectivity index is 2.01. The molecule has 1 aromatic carbocycles. The summed E-state index contributed by atoms with van der Waals surface area (Å²) in [6.45, 7) is 8.00. The van der Waals surface area contributed by atoms with Gasteiger partial charge >= 0.3 is 5.97 Å². The number of hydrogen-bond donors (Lipinski definition) is 0. The first kappa shape index (κ1) is 17.2. The normalized spacial score (nSPS) is 11.5. The lowest BCUT2D eigenvalue weighted by molar-refractivity contribution is -0.136. The Kier molecular flexibility index (Phi) is 4.15. The number of hydrogen-bond acceptors (Lipinski definition) is 4. The fraction of sp³-hybridized carbons (Fsp3) is 0.227. The highest BCUT2D eigenvalue weighted by molar-refractivity contribution is 6.22. The van der Waals surface area contributed by atoms with Crippen molar-refractivity contribution >= 4 is 38.9 Å². The van der Waals surface area contributed by atoms with Crippen LogP contribution >= 0.6 is 0 Å². The number of ether oxygens (including phenoxy) is 1. The number of carbonyl (C=O) groups excluding carboxylic acids is 1. The predicted octanol–water partition coefficient (Wildman–Crippen LogP) is 4.10. The lowest BCUT2D eigenvalue weighted by Gasteiger charge is -2.12. The van der Waals surface area contributed by atoms with Crippen LogP contribution in [0.15, 0.2) is 47.9 Å². The van der Waals surface area contributed by atoms with Gasteiger partial charge in [0.25, 0.3) is 5.56 Å². The van der Waals surface area contributed by atoms with Crippen molar-refractivity contribution in [3.63, 3.8) is 0 Å². The maximum atomic E-state index is 13.2. The number of rotatable bonds is 5. The van der Waals surface area contributed by atoms with Gasteiger partial charge in [-0.05, 0) is 25.5 Å². The Morgan fingerprint density at radius 3 is 2.78 bits per heavy atom. The Bertz CT molecular complexity index is 1250. The Morgan fingerprint density at radius 2 is 2.00 bits per heavy atom. The number of benzene rings is 1. The van der Waals surface area contributed by atoms with Crippen LogP contribution in [0, 0.1) is 6.92 Å². The molecular weight excluding hydrogens is 340 g/mol. The summed E-state index contributed by atoms with van der Waals surface area (Å²) in [5, 5.41) is 1.91. The van der Waals surface area contributed by atoms with Crippen molar-refractivity contribution in [3.8, 4) is 0 Å². The van der Waals surface area contributed by atoms with E-state index in [4.69, 9.17) is 4.74 Å². The molecule has 0 aliphatic rings. The van der Waals surface area contributed by atoms with Crippen LogP contribution in [0.3, 0.4) is 0 Å². The van der Waals surface area contributed by atoms with E-state index in [1.807, 2.05) is 37.3 Å². The standard InChI is InChI=1S/C22H20N2O3/c1-4-5-12-27-22(26)14(3)18-13(2)21(25)24-17-9-7-6-8-15(17)16-10-11-23-19(18)20(16)24/h6-11H,3-5,12H2,1-2H3. The van der Waals surface area contributed by atoms with Crippen molar-refractivity contribution < 1.29 is 9.53 Å². The predicted molar refractivity (Wildman–Crippen MR) is 107 cm³/mol. The molecule has 136 valence electrons. The highest BCUT2D eigenvalue weighted by Gasteiger charge is 2.24. The van der Waals surface area contributed by atoms with Crippen LogP contribution in [0.25, 0.3) is 32.9 Å². The van der Waals surface area contributed by atoms with Crippen molar-refractivity contribution in [1.82, 2.24) is 9.38 Å². The fourth-order valence-corrected chi connectivity index (χ4v) is 3.63. The molecule has 0 saturated carbocycles. The summed E-state index contributed by atoms with van der Waals surface area (Å²) < 4.78 is 6.99. The molecule has 4 rings (SSSR count). The molecule has 0 aliphatic carbocycles. The van der Waals surface area contributed by atoms with Gasteiger partial charge in [-0.25, -0.2) is 4.79 Å². The second-order valence-electron chi connectivity index (χ2n) is 6.68. The minimum Gasteiger partial charge on any atom is -0.462 e. The SMILES string of the molecule is C=C(C(=O)OCCCC)c1c(C)c(=O)n2c3ccccc3c3ccnc1c32. The summed E-state index contributed by atoms with van der Waals surface area (Å²) in [5.41, 5.74) is 3.07. The molecule has 4 aromatic rings. The van der Waals surface area contributed by atoms with Gasteiger partial charge in [0.15, 0.2) is 0 Å². The van der Waals surface area contributed by atoms with E-state index in [9.17, 15) is 9.59 Å². The number of pyridine rings is 2. The van der Waals surface area contributed by atoms with Gasteiger partial charge in [0.2, 0.25) is 0 Å². The lowest BCUT2D eigenvalue weighted by atomic mass is 10.0. The summed E-state index contributed by atoms with van der Waals surface area (Å²) in [4.78, 5) is 30.1. The molecule has 0 aliphatic heterocycles. The largest absolute Gasteiger partial charge is 0.462 e. The van der Waals surface area contributed by atoms with Gasteiger partial charge in [-0.2, -0.15) is 0 Å². The van der Waals surface area contributed by atoms with Crippen molar-refractivity contribution in [2.75, 3.05) is 6.61 Å². The molecular formula is C22H20N2O3. The highest BCUT2D eigenvalue weighted by Crippen LogP contribution is 2.33. The van der Waals surface area contributed by atoms with Gasteiger partial charge in [0.1, 0.15) is 0 Å². The first-order chi connectivity index (χ1) is 13.1. The molecule has 0 saturated heterocycles. The van der Waals surface area contributed by atoms with Crippen LogP contribution in [-0.2, 0) is 9.53 Å². The van der Waals surface area contributed by atoms with Crippen molar-refractivity contribution in [2.45, 2.75) is 26.7 Å². The van der Waals surface area contributed by atoms with E-state index >= 15 is 0 Å². The monoisotopic (exact) mass is 360 g/mol. The van der Waals surface area contributed by atoms with Gasteiger partial charge in [-0.1, -0.05) is 38.1 Å². The van der Waals surface area contributed by atoms with Crippen LogP contribution in [0.4, 0.5) is 0 Å². The third kappa shape index (κ3) is 2.50. The molecule has 0 radical (unpaired) electrons. The van der Waals surface area contributed by atoms with E-state index in [1.54, 1.807) is 17.5 Å². The zero-order valence-electron chi connectivity index (χ0n) is 15.4. The second kappa shape index (κ2) is 6.50. The Morgan fingerprint density at radius 1 is 1.22 bits per heavy atom. The second-order valence-corrected chi connectivity index (χ2v) is 6.68. The van der Waals surface area contributed by atoms with E-state index in [0.29, 0.717) is 28.8 Å². The topological polar surface area (TPSA) is 60.7 Å². The zero-order chi connectivity index (χ0) is 19.1. The number of para-hydroxylation sites is 1. The highest BCUT2D eigenvalue weighted by atomic mass is 16.5. The number of fused-ring (bicyclic) bond motifs is 3. The van der Waals surface area contributed by atoms with Gasteiger partial charge < -0.3 is 4.74 Å². The van der Waals surface area contributed by atoms with E-state index in [2.05, 4.69) is 11.6 Å². The number of aromatic nitrogens is 2. The molecule has 0 bridgehead atoms. The van der Waals surface area contributed by atoms with Crippen LogP contribution < -0.4 is 5.56 Å². The van der Waals surface area contributed by atoms with Crippen LogP contribution in [0.5, 0.6) is 0 Å². The first-order valence-electron chi connectivity index (χ1n) is 9.06. The van der Waals surface area contributed by atoms with Crippen molar-refractivity contribution in [1.29, 1.82) is 0 Å². The number of nitrogens with zero attached hydrogens (tertiary/aromatic N) is 2. The van der Waals surface area contributed by atoms with Gasteiger partial charge in [-0.3, -0.25) is 14.2 Å². The lowest BCUT2D eigenvalue weighted by Crippen LogP contribution is -2.20. The van der Waals surface area contributed by atoms with Crippen molar-refractivity contribution in [3.05, 3.63) is 64.6 Å². The summed E-state index contributed by atoms with van der Waals surface area (Å²) >= 11 is 0. The third-order valence-corrected chi connectivity index (χ3v) is 5.00. The van der Waals surface area contributed by atoms with Crippen LogP contribution in [0.2, 0.25) is 0 Å². The van der Waals surface area contributed by atoms with Gasteiger partial charge in [0.05, 0.1) is 28.7 Å². The van der Waals surface area contributed by atoms with Gasteiger partial charge in [-0.15, -0.1) is 0 Å². The van der Waals surface area contributed by atoms with Crippen LogP contribution in [0.1, 0.15) is 30.9 Å². The molecule has 3 heterocycles.